The van der Waals surface area contributed by atoms with Gasteiger partial charge in [-0.15, -0.1) is 6.42 Å². The molecule has 2 N–H and O–H groups in total. The minimum atomic E-state index is -1.02. The van der Waals surface area contributed by atoms with Crippen LogP contribution in [0.25, 0.3) is 0 Å². The van der Waals surface area contributed by atoms with Crippen molar-refractivity contribution in [3.8, 4) is 12.3 Å². The van der Waals surface area contributed by atoms with E-state index < -0.39 is 11.6 Å². The molecule has 1 saturated heterocycles. The molecular formula is C15H16N2O4. The Kier molecular flexibility index (Phi) is 4.15. The molecule has 0 unspecified atom stereocenters. The van der Waals surface area contributed by atoms with Crippen LogP contribution in [-0.4, -0.2) is 47.3 Å². The highest BCUT2D eigenvalue weighted by Gasteiger charge is 2.42. The Morgan fingerprint density at radius 2 is 2.24 bits per heavy atom. The minimum absolute atomic E-state index is 0.263. The molecule has 1 heterocycles. The van der Waals surface area contributed by atoms with Crippen LogP contribution in [0.1, 0.15) is 12.5 Å². The third-order valence-corrected chi connectivity index (χ3v) is 3.16. The summed E-state index contributed by atoms with van der Waals surface area (Å²) in [6.07, 6.45) is 5.30. The van der Waals surface area contributed by atoms with Crippen molar-refractivity contribution in [2.45, 2.75) is 12.5 Å². The maximum atomic E-state index is 12.0. The smallest absolute Gasteiger partial charge is 0.329 e. The number of amides is 2. The summed E-state index contributed by atoms with van der Waals surface area (Å²) in [7, 11) is 0. The summed E-state index contributed by atoms with van der Waals surface area (Å²) < 4.78 is 5.25. The molecule has 0 saturated carbocycles. The Morgan fingerprint density at radius 3 is 2.86 bits per heavy atom. The number of hydrogen-bond donors (Lipinski definition) is 2. The SMILES string of the molecule is C#Cc1cccc(NC(=O)N2CC(C)(OCC(=O)O)C2)c1. The second-order valence-electron chi connectivity index (χ2n) is 5.14. The van der Waals surface area contributed by atoms with Crippen molar-refractivity contribution in [2.24, 2.45) is 0 Å². The predicted octanol–water partition coefficient (Wildman–Crippen LogP) is 1.38. The zero-order valence-corrected chi connectivity index (χ0v) is 11.6. The third-order valence-electron chi connectivity index (χ3n) is 3.16. The van der Waals surface area contributed by atoms with Crippen LogP contribution in [0.3, 0.4) is 0 Å². The number of hydrogen-bond acceptors (Lipinski definition) is 3. The summed E-state index contributed by atoms with van der Waals surface area (Å²) in [5.74, 6) is 1.47. The van der Waals surface area contributed by atoms with Gasteiger partial charge >= 0.3 is 12.0 Å². The first-order valence-electron chi connectivity index (χ1n) is 6.40. The van der Waals surface area contributed by atoms with Crippen molar-refractivity contribution >= 4 is 17.7 Å². The van der Waals surface area contributed by atoms with Gasteiger partial charge in [-0.2, -0.15) is 0 Å². The second kappa shape index (κ2) is 5.85. The monoisotopic (exact) mass is 288 g/mol. The molecule has 1 aliphatic heterocycles. The van der Waals surface area contributed by atoms with Crippen molar-refractivity contribution in [2.75, 3.05) is 25.0 Å². The van der Waals surface area contributed by atoms with E-state index >= 15 is 0 Å². The van der Waals surface area contributed by atoms with Gasteiger partial charge < -0.3 is 20.1 Å². The summed E-state index contributed by atoms with van der Waals surface area (Å²) in [5, 5.41) is 11.3. The number of terminal acetylenes is 1. The third kappa shape index (κ3) is 3.74. The number of urea groups is 1. The maximum Gasteiger partial charge on any atom is 0.329 e. The van der Waals surface area contributed by atoms with Gasteiger partial charge in [0.25, 0.3) is 0 Å². The van der Waals surface area contributed by atoms with E-state index in [1.165, 1.54) is 0 Å². The van der Waals surface area contributed by atoms with Crippen molar-refractivity contribution in [3.63, 3.8) is 0 Å². The molecule has 0 radical (unpaired) electrons. The van der Waals surface area contributed by atoms with Crippen molar-refractivity contribution in [3.05, 3.63) is 29.8 Å². The number of carboxylic acids is 1. The molecule has 2 amide bonds. The molecule has 6 heteroatoms. The van der Waals surface area contributed by atoms with Crippen molar-refractivity contribution < 1.29 is 19.4 Å². The zero-order chi connectivity index (χ0) is 15.5. The lowest BCUT2D eigenvalue weighted by molar-refractivity contribution is -0.159. The maximum absolute atomic E-state index is 12.0. The van der Waals surface area contributed by atoms with Crippen LogP contribution in [0.15, 0.2) is 24.3 Å². The molecule has 6 nitrogen and oxygen atoms in total. The van der Waals surface area contributed by atoms with Gasteiger partial charge in [0, 0.05) is 11.3 Å². The molecule has 0 aromatic heterocycles. The Morgan fingerprint density at radius 1 is 1.52 bits per heavy atom. The number of likely N-dealkylation sites (tertiary alicyclic amines) is 1. The Labute approximate surface area is 122 Å². The number of carbonyl (C=O) groups excluding carboxylic acids is 1. The van der Waals surface area contributed by atoms with Gasteiger partial charge in [0.05, 0.1) is 13.1 Å². The zero-order valence-electron chi connectivity index (χ0n) is 11.6. The van der Waals surface area contributed by atoms with Gasteiger partial charge in [-0.25, -0.2) is 9.59 Å². The number of aliphatic carboxylic acids is 1. The van der Waals surface area contributed by atoms with E-state index in [-0.39, 0.29) is 12.6 Å². The molecule has 1 fully saturated rings. The van der Waals surface area contributed by atoms with Crippen LogP contribution in [-0.2, 0) is 9.53 Å². The summed E-state index contributed by atoms with van der Waals surface area (Å²) in [6.45, 7) is 2.11. The number of anilines is 1. The predicted molar refractivity (Wildman–Crippen MR) is 77.0 cm³/mol. The largest absolute Gasteiger partial charge is 0.480 e. The normalized spacial score (nSPS) is 15.7. The molecule has 1 aromatic carbocycles. The van der Waals surface area contributed by atoms with E-state index in [9.17, 15) is 9.59 Å². The highest BCUT2D eigenvalue weighted by atomic mass is 16.5. The Balaban J connectivity index is 1.86. The number of nitrogens with zero attached hydrogens (tertiary/aromatic N) is 1. The van der Waals surface area contributed by atoms with E-state index in [4.69, 9.17) is 16.3 Å². The van der Waals surface area contributed by atoms with E-state index in [2.05, 4.69) is 11.2 Å². The van der Waals surface area contributed by atoms with E-state index in [1.807, 2.05) is 0 Å². The van der Waals surface area contributed by atoms with E-state index in [1.54, 1.807) is 36.1 Å². The molecule has 1 aliphatic rings. The van der Waals surface area contributed by atoms with Gasteiger partial charge in [-0.05, 0) is 25.1 Å². The first-order valence-corrected chi connectivity index (χ1v) is 6.40. The lowest BCUT2D eigenvalue weighted by Crippen LogP contribution is -2.64. The summed E-state index contributed by atoms with van der Waals surface area (Å²) in [6, 6.07) is 6.73. The summed E-state index contributed by atoms with van der Waals surface area (Å²) in [5.41, 5.74) is 0.706. The van der Waals surface area contributed by atoms with Gasteiger partial charge in [-0.3, -0.25) is 0 Å². The van der Waals surface area contributed by atoms with Crippen LogP contribution < -0.4 is 5.32 Å². The standard InChI is InChI=1S/C15H16N2O4/c1-3-11-5-4-6-12(7-11)16-14(20)17-9-15(2,10-17)21-8-13(18)19/h1,4-7H,8-10H2,2H3,(H,16,20)(H,18,19). The highest BCUT2D eigenvalue weighted by molar-refractivity contribution is 5.90. The number of carboxylic acid groups (broad SMARTS) is 1. The number of ether oxygens (including phenoxy) is 1. The fraction of sp³-hybridized carbons (Fsp3) is 0.333. The fourth-order valence-corrected chi connectivity index (χ4v) is 2.12. The topological polar surface area (TPSA) is 78.9 Å². The van der Waals surface area contributed by atoms with Gasteiger partial charge in [-0.1, -0.05) is 12.0 Å². The van der Waals surface area contributed by atoms with E-state index in [0.717, 1.165) is 0 Å². The van der Waals surface area contributed by atoms with Crippen LogP contribution in [0.4, 0.5) is 10.5 Å². The molecule has 0 aliphatic carbocycles. The highest BCUT2D eigenvalue weighted by Crippen LogP contribution is 2.25. The van der Waals surface area contributed by atoms with Crippen LogP contribution in [0.5, 0.6) is 0 Å². The van der Waals surface area contributed by atoms with Gasteiger partial charge in [0.1, 0.15) is 12.2 Å². The Hall–Kier alpha value is -2.52. The lowest BCUT2D eigenvalue weighted by Gasteiger charge is -2.46. The Bertz CT molecular complexity index is 600. The molecule has 2 rings (SSSR count). The van der Waals surface area contributed by atoms with Crippen LogP contribution in [0.2, 0.25) is 0 Å². The average molecular weight is 288 g/mol. The van der Waals surface area contributed by atoms with E-state index in [0.29, 0.717) is 24.3 Å². The van der Waals surface area contributed by atoms with Gasteiger partial charge in [0.2, 0.25) is 0 Å². The molecule has 0 spiro atoms. The molecule has 1 aromatic rings. The number of rotatable bonds is 4. The molecule has 21 heavy (non-hydrogen) atoms. The molecule has 110 valence electrons. The van der Waals surface area contributed by atoms with Crippen molar-refractivity contribution in [1.82, 2.24) is 4.90 Å². The van der Waals surface area contributed by atoms with Gasteiger partial charge in [0.15, 0.2) is 0 Å². The van der Waals surface area contributed by atoms with Crippen molar-refractivity contribution in [1.29, 1.82) is 0 Å². The molecule has 0 bridgehead atoms. The first-order chi connectivity index (χ1) is 9.92. The van der Waals surface area contributed by atoms with Crippen LogP contribution in [0, 0.1) is 12.3 Å². The minimum Gasteiger partial charge on any atom is -0.480 e. The number of carbonyl (C=O) groups is 2. The lowest BCUT2D eigenvalue weighted by atomic mass is 9.97. The fourth-order valence-electron chi connectivity index (χ4n) is 2.12. The average Bonchev–Trinajstić information content (AvgIpc) is 2.42. The first kappa shape index (κ1) is 14.9. The second-order valence-corrected chi connectivity index (χ2v) is 5.14. The quantitative estimate of drug-likeness (QED) is 0.820. The summed E-state index contributed by atoms with van der Waals surface area (Å²) >= 11 is 0. The number of nitrogens with one attached hydrogen (secondary N) is 1. The molecule has 0 atom stereocenters. The summed E-state index contributed by atoms with van der Waals surface area (Å²) in [4.78, 5) is 24.0. The number of benzene rings is 1. The van der Waals surface area contributed by atoms with Crippen LogP contribution >= 0.6 is 0 Å². The molecular weight excluding hydrogens is 272 g/mol.